The Bertz CT molecular complexity index is 892. The predicted octanol–water partition coefficient (Wildman–Crippen LogP) is 1.43. The SMILES string of the molecule is Cc1cccc(S(=O)(=O)N[C@@]2(C)C=C3C(=O)O[C@@H]4CCC(C2)[C@]34O)c1. The van der Waals surface area contributed by atoms with E-state index in [1.807, 2.05) is 13.0 Å². The van der Waals surface area contributed by atoms with Gasteiger partial charge < -0.3 is 9.84 Å². The molecular weight excluding hydrogens is 342 g/mol. The molecule has 2 fully saturated rings. The van der Waals surface area contributed by atoms with Crippen molar-refractivity contribution in [3.05, 3.63) is 41.5 Å². The Hall–Kier alpha value is -1.70. The Labute approximate surface area is 146 Å². The maximum absolute atomic E-state index is 12.8. The summed E-state index contributed by atoms with van der Waals surface area (Å²) in [7, 11) is -3.75. The molecule has 0 spiro atoms. The minimum Gasteiger partial charge on any atom is -0.455 e. The lowest BCUT2D eigenvalue weighted by Crippen LogP contribution is -2.54. The molecule has 1 saturated heterocycles. The van der Waals surface area contributed by atoms with Crippen molar-refractivity contribution in [1.29, 1.82) is 0 Å². The molecule has 4 atom stereocenters. The maximum Gasteiger partial charge on any atom is 0.337 e. The van der Waals surface area contributed by atoms with Crippen LogP contribution in [0.25, 0.3) is 0 Å². The van der Waals surface area contributed by atoms with Crippen LogP contribution in [-0.4, -0.2) is 36.7 Å². The van der Waals surface area contributed by atoms with Crippen molar-refractivity contribution in [1.82, 2.24) is 4.72 Å². The summed E-state index contributed by atoms with van der Waals surface area (Å²) in [6, 6.07) is 6.67. The normalized spacial score (nSPS) is 36.8. The van der Waals surface area contributed by atoms with Gasteiger partial charge >= 0.3 is 5.97 Å². The molecule has 4 rings (SSSR count). The van der Waals surface area contributed by atoms with Crippen molar-refractivity contribution < 1.29 is 23.1 Å². The number of sulfonamides is 1. The summed E-state index contributed by atoms with van der Waals surface area (Å²) in [5, 5.41) is 11.0. The van der Waals surface area contributed by atoms with Gasteiger partial charge in [-0.05, 0) is 56.7 Å². The average molecular weight is 363 g/mol. The number of rotatable bonds is 3. The summed E-state index contributed by atoms with van der Waals surface area (Å²) >= 11 is 0. The van der Waals surface area contributed by atoms with Crippen LogP contribution in [0, 0.1) is 12.8 Å². The van der Waals surface area contributed by atoms with E-state index in [9.17, 15) is 18.3 Å². The molecule has 1 aromatic rings. The van der Waals surface area contributed by atoms with E-state index in [0.29, 0.717) is 19.3 Å². The van der Waals surface area contributed by atoms with E-state index in [1.165, 1.54) is 0 Å². The molecule has 3 aliphatic rings. The Morgan fingerprint density at radius 1 is 1.32 bits per heavy atom. The molecule has 2 N–H and O–H groups in total. The molecule has 1 heterocycles. The molecule has 1 saturated carbocycles. The number of ether oxygens (including phenoxy) is 1. The van der Waals surface area contributed by atoms with Gasteiger partial charge in [-0.1, -0.05) is 18.2 Å². The van der Waals surface area contributed by atoms with Gasteiger partial charge in [-0.15, -0.1) is 0 Å². The first-order valence-electron chi connectivity index (χ1n) is 8.41. The summed E-state index contributed by atoms with van der Waals surface area (Å²) in [5.41, 5.74) is -1.18. The highest BCUT2D eigenvalue weighted by Gasteiger charge is 2.64. The van der Waals surface area contributed by atoms with Crippen LogP contribution in [0.5, 0.6) is 0 Å². The van der Waals surface area contributed by atoms with Gasteiger partial charge in [0.2, 0.25) is 10.0 Å². The Kier molecular flexibility index (Phi) is 3.45. The fourth-order valence-corrected chi connectivity index (χ4v) is 5.97. The number of hydrogen-bond donors (Lipinski definition) is 2. The number of aliphatic hydroxyl groups is 1. The highest BCUT2D eigenvalue weighted by atomic mass is 32.2. The predicted molar refractivity (Wildman–Crippen MR) is 90.2 cm³/mol. The molecule has 25 heavy (non-hydrogen) atoms. The number of carbonyl (C=O) groups is 1. The average Bonchev–Trinajstić information content (AvgIpc) is 2.95. The van der Waals surface area contributed by atoms with Crippen LogP contribution in [0.2, 0.25) is 0 Å². The lowest BCUT2D eigenvalue weighted by atomic mass is 9.71. The van der Waals surface area contributed by atoms with Crippen molar-refractivity contribution in [3.63, 3.8) is 0 Å². The molecule has 134 valence electrons. The first-order chi connectivity index (χ1) is 11.6. The minimum atomic E-state index is -3.75. The van der Waals surface area contributed by atoms with Gasteiger partial charge in [0.25, 0.3) is 0 Å². The van der Waals surface area contributed by atoms with Crippen LogP contribution in [-0.2, 0) is 19.6 Å². The van der Waals surface area contributed by atoms with Crippen molar-refractivity contribution in [3.8, 4) is 0 Å². The van der Waals surface area contributed by atoms with E-state index in [0.717, 1.165) is 5.56 Å². The highest BCUT2D eigenvalue weighted by molar-refractivity contribution is 7.89. The number of aryl methyl sites for hydroxylation is 1. The van der Waals surface area contributed by atoms with Gasteiger partial charge in [-0.2, -0.15) is 0 Å². The van der Waals surface area contributed by atoms with Crippen LogP contribution < -0.4 is 4.72 Å². The van der Waals surface area contributed by atoms with E-state index < -0.39 is 33.2 Å². The monoisotopic (exact) mass is 363 g/mol. The molecule has 7 heteroatoms. The van der Waals surface area contributed by atoms with Crippen molar-refractivity contribution in [2.75, 3.05) is 0 Å². The zero-order valence-electron chi connectivity index (χ0n) is 14.2. The summed E-state index contributed by atoms with van der Waals surface area (Å²) in [4.78, 5) is 12.3. The summed E-state index contributed by atoms with van der Waals surface area (Å²) in [6.45, 7) is 3.57. The van der Waals surface area contributed by atoms with E-state index in [-0.39, 0.29) is 16.4 Å². The number of benzene rings is 1. The molecule has 0 amide bonds. The fourth-order valence-electron chi connectivity index (χ4n) is 4.49. The summed E-state index contributed by atoms with van der Waals surface area (Å²) in [5.74, 6) is -0.743. The highest BCUT2D eigenvalue weighted by Crippen LogP contribution is 2.53. The van der Waals surface area contributed by atoms with Crippen molar-refractivity contribution >= 4 is 16.0 Å². The molecule has 1 aliphatic heterocycles. The van der Waals surface area contributed by atoms with Gasteiger partial charge in [-0.3, -0.25) is 0 Å². The second-order valence-electron chi connectivity index (χ2n) is 7.60. The molecule has 0 radical (unpaired) electrons. The van der Waals surface area contributed by atoms with Crippen LogP contribution in [0.4, 0.5) is 0 Å². The number of nitrogens with one attached hydrogen (secondary N) is 1. The van der Waals surface area contributed by atoms with Gasteiger partial charge in [0, 0.05) is 5.54 Å². The minimum absolute atomic E-state index is 0.186. The molecular formula is C18H21NO5S. The van der Waals surface area contributed by atoms with Crippen molar-refractivity contribution in [2.45, 2.75) is 55.2 Å². The number of hydrogen-bond acceptors (Lipinski definition) is 5. The van der Waals surface area contributed by atoms with E-state index >= 15 is 0 Å². The Balaban J connectivity index is 1.72. The van der Waals surface area contributed by atoms with Crippen LogP contribution in [0.15, 0.2) is 40.8 Å². The van der Waals surface area contributed by atoms with Crippen molar-refractivity contribution in [2.24, 2.45) is 5.92 Å². The Morgan fingerprint density at radius 2 is 2.08 bits per heavy atom. The van der Waals surface area contributed by atoms with Gasteiger partial charge in [0.05, 0.1) is 10.5 Å². The standard InChI is InChI=1S/C18H21NO5S/c1-11-4-3-5-13(8-11)25(22,23)19-17(2)9-12-6-7-15-18(12,21)14(10-17)16(20)24-15/h3-5,8,10,12,15,19,21H,6-7,9H2,1-2H3/t12?,15-,17-,18+/m1/s1. The third kappa shape index (κ3) is 2.45. The van der Waals surface area contributed by atoms with E-state index in [1.54, 1.807) is 31.2 Å². The molecule has 2 aliphatic carbocycles. The third-order valence-electron chi connectivity index (χ3n) is 5.59. The number of carbonyl (C=O) groups excluding carboxylic acids is 1. The first-order valence-corrected chi connectivity index (χ1v) is 9.90. The molecule has 0 aromatic heterocycles. The molecule has 1 unspecified atom stereocenters. The third-order valence-corrected chi connectivity index (χ3v) is 7.20. The van der Waals surface area contributed by atoms with Crippen LogP contribution in [0.3, 0.4) is 0 Å². The molecule has 6 nitrogen and oxygen atoms in total. The summed E-state index contributed by atoms with van der Waals surface area (Å²) < 4.78 is 33.6. The zero-order chi connectivity index (χ0) is 18.0. The smallest absolute Gasteiger partial charge is 0.337 e. The topological polar surface area (TPSA) is 92.7 Å². The lowest BCUT2D eigenvalue weighted by Gasteiger charge is -2.40. The fraction of sp³-hybridized carbons (Fsp3) is 0.500. The van der Waals surface area contributed by atoms with Crippen LogP contribution >= 0.6 is 0 Å². The molecule has 0 bridgehead atoms. The van der Waals surface area contributed by atoms with Gasteiger partial charge in [-0.25, -0.2) is 17.9 Å². The first kappa shape index (κ1) is 16.8. The Morgan fingerprint density at radius 3 is 2.80 bits per heavy atom. The molecule has 1 aromatic carbocycles. The van der Waals surface area contributed by atoms with Crippen LogP contribution in [0.1, 0.15) is 31.7 Å². The zero-order valence-corrected chi connectivity index (χ0v) is 15.0. The van der Waals surface area contributed by atoms with Gasteiger partial charge in [0.1, 0.15) is 11.7 Å². The second-order valence-corrected chi connectivity index (χ2v) is 9.28. The maximum atomic E-state index is 12.8. The number of esters is 1. The summed E-state index contributed by atoms with van der Waals surface area (Å²) in [6.07, 6.45) is 2.77. The second kappa shape index (κ2) is 5.16. The largest absolute Gasteiger partial charge is 0.455 e. The lowest BCUT2D eigenvalue weighted by molar-refractivity contribution is -0.140. The van der Waals surface area contributed by atoms with E-state index in [4.69, 9.17) is 4.74 Å². The van der Waals surface area contributed by atoms with E-state index in [2.05, 4.69) is 4.72 Å². The van der Waals surface area contributed by atoms with Gasteiger partial charge in [0.15, 0.2) is 0 Å². The quantitative estimate of drug-likeness (QED) is 0.793.